The third-order valence-corrected chi connectivity index (χ3v) is 2.15. The maximum atomic E-state index is 13.2. The van der Waals surface area contributed by atoms with Gasteiger partial charge < -0.3 is 10.6 Å². The average molecular weight is 286 g/mol. The van der Waals surface area contributed by atoms with Crippen molar-refractivity contribution in [2.75, 3.05) is 38.7 Å². The minimum atomic E-state index is -5.07. The Balaban J connectivity index is 2.84. The number of alkyl halides is 3. The summed E-state index contributed by atoms with van der Waals surface area (Å²) in [7, 11) is 0. The normalized spacial score (nSPS) is 40.9. The second-order valence-electron chi connectivity index (χ2n) is 3.53. The Labute approximate surface area is 129 Å². The van der Waals surface area contributed by atoms with Gasteiger partial charge in [-0.1, -0.05) is 6.07 Å². The van der Waals surface area contributed by atoms with Crippen LogP contribution in [0.4, 0.5) is 18.9 Å². The molecule has 3 nitrogen and oxygen atoms in total. The summed E-state index contributed by atoms with van der Waals surface area (Å²) in [6.45, 7) is -22.9. The summed E-state index contributed by atoms with van der Waals surface area (Å²) < 4.78 is 143. The van der Waals surface area contributed by atoms with Gasteiger partial charge in [-0.25, -0.2) is 0 Å². The maximum Gasteiger partial charge on any atom is 0.418 e. The standard InChI is InChI=1S/C13H18F3N3/c1-18-4-6-19(7-5-18)9-10-2-3-12(17)11(8-10)13(14,15)16/h2-3,8H,4-7,9,17H2,1H3/i1D3,4D2,5D2,6D2,7D2,9D2. The molecule has 0 saturated carbocycles. The van der Waals surface area contributed by atoms with Crippen LogP contribution in [-0.4, -0.2) is 42.8 Å². The van der Waals surface area contributed by atoms with Gasteiger partial charge in [-0.15, -0.1) is 0 Å². The highest BCUT2D eigenvalue weighted by Gasteiger charge is 2.33. The number of hydrogen-bond donors (Lipinski definition) is 1. The van der Waals surface area contributed by atoms with Crippen LogP contribution in [-0.2, 0) is 12.7 Å². The molecule has 1 aliphatic heterocycles. The highest BCUT2D eigenvalue weighted by atomic mass is 19.4. The SMILES string of the molecule is [2H]C([2H])([2H])N1C([2H])([2H])C([2H])([2H])N(C([2H])([2H])c2ccc(N)c(C(F)(F)F)c2)C([2H])([2H])C1([2H])[2H]. The summed E-state index contributed by atoms with van der Waals surface area (Å²) in [6.07, 6.45) is -5.07. The van der Waals surface area contributed by atoms with Gasteiger partial charge in [0.25, 0.3) is 0 Å². The van der Waals surface area contributed by atoms with Crippen LogP contribution in [0.1, 0.15) is 28.9 Å². The topological polar surface area (TPSA) is 32.5 Å². The molecular formula is C13H18F3N3. The number of rotatable bonds is 2. The smallest absolute Gasteiger partial charge is 0.398 e. The van der Waals surface area contributed by atoms with Crippen molar-refractivity contribution in [3.63, 3.8) is 0 Å². The Kier molecular flexibility index (Phi) is 1.40. The van der Waals surface area contributed by atoms with Crippen molar-refractivity contribution >= 4 is 5.69 Å². The highest BCUT2D eigenvalue weighted by molar-refractivity contribution is 5.50. The molecule has 1 aromatic rings. The van der Waals surface area contributed by atoms with Gasteiger partial charge >= 0.3 is 6.18 Å². The largest absolute Gasteiger partial charge is 0.418 e. The van der Waals surface area contributed by atoms with Gasteiger partial charge in [-0.2, -0.15) is 13.2 Å². The lowest BCUT2D eigenvalue weighted by molar-refractivity contribution is -0.137. The lowest BCUT2D eigenvalue weighted by Crippen LogP contribution is -2.43. The molecule has 0 aromatic heterocycles. The summed E-state index contributed by atoms with van der Waals surface area (Å²) in [5.41, 5.74) is 1.90. The minimum Gasteiger partial charge on any atom is -0.398 e. The molecule has 0 atom stereocenters. The van der Waals surface area contributed by atoms with E-state index in [0.717, 1.165) is 0 Å². The lowest BCUT2D eigenvalue weighted by Gasteiger charge is -2.32. The van der Waals surface area contributed by atoms with Crippen LogP contribution in [0.3, 0.4) is 0 Å². The molecule has 19 heavy (non-hydrogen) atoms. The molecule has 6 heteroatoms. The van der Waals surface area contributed by atoms with E-state index in [0.29, 0.717) is 12.1 Å². The summed E-state index contributed by atoms with van der Waals surface area (Å²) in [5.74, 6) is 0. The number of nitrogens with zero attached hydrogens (tertiary/aromatic N) is 2. The Morgan fingerprint density at radius 2 is 2.05 bits per heavy atom. The Morgan fingerprint density at radius 3 is 2.63 bits per heavy atom. The van der Waals surface area contributed by atoms with Crippen molar-refractivity contribution in [3.05, 3.63) is 29.3 Å². The average Bonchev–Trinajstić information content (AvgIpc) is 2.49. The molecule has 0 aliphatic carbocycles. The van der Waals surface area contributed by atoms with Gasteiger partial charge in [-0.05, 0) is 24.7 Å². The van der Waals surface area contributed by atoms with Crippen molar-refractivity contribution in [2.24, 2.45) is 0 Å². The predicted octanol–water partition coefficient (Wildman–Crippen LogP) is 2.04. The third-order valence-electron chi connectivity index (χ3n) is 2.15. The van der Waals surface area contributed by atoms with E-state index < -0.39 is 72.3 Å². The molecule has 0 spiro atoms. The maximum absolute atomic E-state index is 13.2. The first-order valence-corrected chi connectivity index (χ1v) is 4.94. The Bertz CT molecular complexity index is 869. The zero-order valence-corrected chi connectivity index (χ0v) is 9.34. The number of likely N-dealkylation sites (N-methyl/N-ethyl adjacent to an activating group) is 1. The van der Waals surface area contributed by atoms with E-state index in [1.54, 1.807) is 0 Å². The van der Waals surface area contributed by atoms with E-state index in [1.807, 2.05) is 0 Å². The predicted molar refractivity (Wildman–Crippen MR) is 68.6 cm³/mol. The number of benzene rings is 1. The van der Waals surface area contributed by atoms with Crippen LogP contribution >= 0.6 is 0 Å². The molecule has 1 saturated heterocycles. The first-order valence-electron chi connectivity index (χ1n) is 11.4. The van der Waals surface area contributed by atoms with E-state index >= 15 is 0 Å². The monoisotopic (exact) mass is 286 g/mol. The van der Waals surface area contributed by atoms with Crippen molar-refractivity contribution in [3.8, 4) is 0 Å². The zero-order chi connectivity index (χ0) is 25.5. The highest BCUT2D eigenvalue weighted by Crippen LogP contribution is 2.34. The zero-order valence-electron chi connectivity index (χ0n) is 22.3. The molecule has 106 valence electrons. The van der Waals surface area contributed by atoms with E-state index in [4.69, 9.17) is 23.6 Å². The van der Waals surface area contributed by atoms with Crippen LogP contribution in [0, 0.1) is 0 Å². The molecule has 0 amide bonds. The van der Waals surface area contributed by atoms with Gasteiger partial charge in [0.1, 0.15) is 0 Å². The van der Waals surface area contributed by atoms with Crippen molar-refractivity contribution in [1.29, 1.82) is 0 Å². The minimum absolute atomic E-state index is 0.169. The van der Waals surface area contributed by atoms with Gasteiger partial charge in [0, 0.05) is 56.0 Å². The van der Waals surface area contributed by atoms with Crippen molar-refractivity contribution < 1.29 is 31.0 Å². The van der Waals surface area contributed by atoms with Gasteiger partial charge in [0.05, 0.1) is 5.56 Å². The fraction of sp³-hybridized carbons (Fsp3) is 0.538. The Hall–Kier alpha value is -1.27. The van der Waals surface area contributed by atoms with Crippen LogP contribution in [0.15, 0.2) is 18.2 Å². The van der Waals surface area contributed by atoms with E-state index in [9.17, 15) is 13.2 Å². The van der Waals surface area contributed by atoms with Crippen LogP contribution in [0.5, 0.6) is 0 Å². The quantitative estimate of drug-likeness (QED) is 0.845. The molecule has 0 unspecified atom stereocenters. The number of piperazine rings is 1. The summed E-state index contributed by atoms with van der Waals surface area (Å²) in [5, 5.41) is 0. The van der Waals surface area contributed by atoms with E-state index in [1.165, 1.54) is 0 Å². The molecule has 0 radical (unpaired) electrons. The molecule has 1 aromatic carbocycles. The fourth-order valence-electron chi connectivity index (χ4n) is 1.31. The summed E-state index contributed by atoms with van der Waals surface area (Å²) >= 11 is 0. The summed E-state index contributed by atoms with van der Waals surface area (Å²) in [6, 6.07) is 1.48. The summed E-state index contributed by atoms with van der Waals surface area (Å²) in [4.78, 5) is -1.23. The molecule has 1 aliphatic rings. The van der Waals surface area contributed by atoms with Crippen molar-refractivity contribution in [1.82, 2.24) is 9.80 Å². The second-order valence-corrected chi connectivity index (χ2v) is 3.53. The van der Waals surface area contributed by atoms with Crippen molar-refractivity contribution in [2.45, 2.75) is 12.7 Å². The number of nitrogens with two attached hydrogens (primary N) is 1. The molecule has 1 heterocycles. The van der Waals surface area contributed by atoms with Crippen LogP contribution in [0.2, 0.25) is 0 Å². The lowest BCUT2D eigenvalue weighted by atomic mass is 10.1. The van der Waals surface area contributed by atoms with Gasteiger partial charge in [-0.3, -0.25) is 4.90 Å². The second kappa shape index (κ2) is 5.38. The molecular weight excluding hydrogens is 255 g/mol. The number of anilines is 1. The molecule has 2 rings (SSSR count). The number of hydrogen-bond acceptors (Lipinski definition) is 3. The number of nitrogen functional groups attached to an aromatic ring is 1. The fourth-order valence-corrected chi connectivity index (χ4v) is 1.31. The van der Waals surface area contributed by atoms with Gasteiger partial charge in [0.15, 0.2) is 0 Å². The van der Waals surface area contributed by atoms with Crippen LogP contribution < -0.4 is 5.73 Å². The number of halogens is 3. The van der Waals surface area contributed by atoms with Gasteiger partial charge in [0.2, 0.25) is 0 Å². The molecule has 2 N–H and O–H groups in total. The van der Waals surface area contributed by atoms with E-state index in [2.05, 4.69) is 0 Å². The van der Waals surface area contributed by atoms with E-state index in [-0.39, 0.29) is 6.07 Å². The Morgan fingerprint density at radius 1 is 1.37 bits per heavy atom. The van der Waals surface area contributed by atoms with Crippen LogP contribution in [0.25, 0.3) is 0 Å². The first-order chi connectivity index (χ1) is 13.9. The molecule has 0 bridgehead atoms. The first kappa shape index (κ1) is 4.93. The molecule has 1 fully saturated rings. The third kappa shape index (κ3) is 3.61.